The predicted octanol–water partition coefficient (Wildman–Crippen LogP) is 6.80. The molecule has 0 fully saturated rings. The maximum absolute atomic E-state index is 12.3. The van der Waals surface area contributed by atoms with E-state index >= 15 is 0 Å². The van der Waals surface area contributed by atoms with Crippen LogP contribution in [0.5, 0.6) is 0 Å². The molecular weight excluding hydrogens is 458 g/mol. The van der Waals surface area contributed by atoms with Gasteiger partial charge in [-0.3, -0.25) is 4.79 Å². The van der Waals surface area contributed by atoms with E-state index in [-0.39, 0.29) is 11.9 Å². The molecule has 0 bridgehead atoms. The van der Waals surface area contributed by atoms with E-state index in [1.54, 1.807) is 23.5 Å². The third-order valence-electron chi connectivity index (χ3n) is 5.26. The minimum atomic E-state index is 0.0524. The summed E-state index contributed by atoms with van der Waals surface area (Å²) < 4.78 is 2.31. The normalized spacial score (nSPS) is 11.0. The molecule has 0 radical (unpaired) electrons. The number of hydrogen-bond acceptors (Lipinski definition) is 4. The fourth-order valence-corrected chi connectivity index (χ4v) is 5.44. The van der Waals surface area contributed by atoms with Crippen molar-refractivity contribution >= 4 is 29.4 Å². The minimum absolute atomic E-state index is 0.0524. The van der Waals surface area contributed by atoms with E-state index in [0.29, 0.717) is 12.3 Å². The number of hydrogen-bond donors (Lipinski definition) is 1. The Bertz CT molecular complexity index is 1190. The zero-order chi connectivity index (χ0) is 23.8. The third kappa shape index (κ3) is 6.13. The van der Waals surface area contributed by atoms with Crippen molar-refractivity contribution in [2.75, 3.05) is 18.1 Å². The topological polar surface area (TPSA) is 46.9 Å². The van der Waals surface area contributed by atoms with Crippen LogP contribution in [-0.2, 0) is 4.79 Å². The first-order chi connectivity index (χ1) is 16.6. The maximum Gasteiger partial charge on any atom is 0.230 e. The monoisotopic (exact) mass is 487 g/mol. The summed E-state index contributed by atoms with van der Waals surface area (Å²) in [6.45, 7) is 4.98. The Balaban J connectivity index is 1.47. The Morgan fingerprint density at radius 2 is 1.44 bits per heavy atom. The number of carbonyl (C=O) groups excluding carboxylic acids is 1. The fraction of sp³-hybridized carbons (Fsp3) is 0.214. The van der Waals surface area contributed by atoms with Crippen molar-refractivity contribution in [3.63, 3.8) is 0 Å². The number of nitrogens with one attached hydrogen (secondary N) is 1. The smallest absolute Gasteiger partial charge is 0.230 e. The summed E-state index contributed by atoms with van der Waals surface area (Å²) in [4.78, 5) is 18.5. The number of thioether (sulfide) groups is 2. The Labute approximate surface area is 210 Å². The van der Waals surface area contributed by atoms with Crippen molar-refractivity contribution in [3.05, 3.63) is 91.0 Å². The average molecular weight is 488 g/mol. The maximum atomic E-state index is 12.3. The lowest BCUT2D eigenvalue weighted by atomic mass is 10.0. The van der Waals surface area contributed by atoms with Gasteiger partial charge >= 0.3 is 0 Å². The molecule has 4 rings (SSSR count). The molecule has 0 aliphatic rings. The van der Waals surface area contributed by atoms with Gasteiger partial charge in [-0.2, -0.15) is 0 Å². The molecule has 0 saturated carbocycles. The van der Waals surface area contributed by atoms with Crippen LogP contribution in [0.15, 0.2) is 101 Å². The zero-order valence-electron chi connectivity index (χ0n) is 19.5. The van der Waals surface area contributed by atoms with E-state index in [0.717, 1.165) is 38.3 Å². The molecule has 4 aromatic rings. The second kappa shape index (κ2) is 12.0. The van der Waals surface area contributed by atoms with E-state index in [1.165, 1.54) is 0 Å². The van der Waals surface area contributed by atoms with Crippen molar-refractivity contribution in [1.82, 2.24) is 14.9 Å². The first-order valence-electron chi connectivity index (χ1n) is 11.4. The van der Waals surface area contributed by atoms with Gasteiger partial charge in [0.2, 0.25) is 5.91 Å². The summed E-state index contributed by atoms with van der Waals surface area (Å²) in [6.07, 6.45) is 0. The standard InChI is InChI=1S/C28H29N3OS2/c1-21(2)31-27(23-14-8-4-9-15-23)26(22-12-6-3-7-13-22)30-28(31)33-19-18-29-25(32)20-34-24-16-10-5-11-17-24/h3-17,21H,18-20H2,1-2H3,(H,29,32). The molecular formula is C28H29N3OS2. The summed E-state index contributed by atoms with van der Waals surface area (Å²) in [6, 6.07) is 31.0. The second-order valence-corrected chi connectivity index (χ2v) is 10.2. The van der Waals surface area contributed by atoms with E-state index in [1.807, 2.05) is 54.6 Å². The molecule has 1 aromatic heterocycles. The lowest BCUT2D eigenvalue weighted by Crippen LogP contribution is -2.27. The third-order valence-corrected chi connectivity index (χ3v) is 7.22. The zero-order valence-corrected chi connectivity index (χ0v) is 21.1. The SMILES string of the molecule is CC(C)n1c(SCCNC(=O)CSc2ccccc2)nc(-c2ccccc2)c1-c1ccccc1. The molecule has 174 valence electrons. The molecule has 6 heteroatoms. The van der Waals surface area contributed by atoms with Crippen LogP contribution in [0.4, 0.5) is 0 Å². The molecule has 3 aromatic carbocycles. The molecule has 1 heterocycles. The van der Waals surface area contributed by atoms with Gasteiger partial charge in [0.1, 0.15) is 0 Å². The Kier molecular flexibility index (Phi) is 8.50. The van der Waals surface area contributed by atoms with Gasteiger partial charge in [0.15, 0.2) is 5.16 Å². The van der Waals surface area contributed by atoms with Gasteiger partial charge in [0, 0.05) is 34.4 Å². The summed E-state index contributed by atoms with van der Waals surface area (Å²) in [5.74, 6) is 1.23. The summed E-state index contributed by atoms with van der Waals surface area (Å²) in [7, 11) is 0. The average Bonchev–Trinajstić information content (AvgIpc) is 3.27. The van der Waals surface area contributed by atoms with Crippen LogP contribution in [0.3, 0.4) is 0 Å². The van der Waals surface area contributed by atoms with Crippen LogP contribution in [0.25, 0.3) is 22.5 Å². The van der Waals surface area contributed by atoms with Crippen molar-refractivity contribution in [2.45, 2.75) is 29.9 Å². The van der Waals surface area contributed by atoms with Crippen molar-refractivity contribution in [2.24, 2.45) is 0 Å². The Morgan fingerprint density at radius 3 is 2.06 bits per heavy atom. The highest BCUT2D eigenvalue weighted by molar-refractivity contribution is 8.00. The molecule has 0 aliphatic carbocycles. The molecule has 34 heavy (non-hydrogen) atoms. The van der Waals surface area contributed by atoms with E-state index in [9.17, 15) is 4.79 Å². The molecule has 1 N–H and O–H groups in total. The first-order valence-corrected chi connectivity index (χ1v) is 13.4. The fourth-order valence-electron chi connectivity index (χ4n) is 3.71. The molecule has 0 unspecified atom stereocenters. The van der Waals surface area contributed by atoms with Crippen LogP contribution in [0.1, 0.15) is 19.9 Å². The molecule has 0 saturated heterocycles. The highest BCUT2D eigenvalue weighted by Gasteiger charge is 2.21. The Hall–Kier alpha value is -2.96. The van der Waals surface area contributed by atoms with Crippen molar-refractivity contribution in [3.8, 4) is 22.5 Å². The molecule has 0 atom stereocenters. The molecule has 0 aliphatic heterocycles. The number of nitrogens with zero attached hydrogens (tertiary/aromatic N) is 2. The van der Waals surface area contributed by atoms with E-state index in [4.69, 9.17) is 4.98 Å². The highest BCUT2D eigenvalue weighted by atomic mass is 32.2. The lowest BCUT2D eigenvalue weighted by molar-refractivity contribution is -0.118. The second-order valence-electron chi connectivity index (χ2n) is 8.09. The lowest BCUT2D eigenvalue weighted by Gasteiger charge is -2.16. The van der Waals surface area contributed by atoms with Crippen molar-refractivity contribution < 1.29 is 4.79 Å². The number of carbonyl (C=O) groups is 1. The van der Waals surface area contributed by atoms with Gasteiger partial charge in [-0.25, -0.2) is 4.98 Å². The molecule has 1 amide bonds. The van der Waals surface area contributed by atoms with Gasteiger partial charge in [0.25, 0.3) is 0 Å². The van der Waals surface area contributed by atoms with Crippen molar-refractivity contribution in [1.29, 1.82) is 0 Å². The summed E-state index contributed by atoms with van der Waals surface area (Å²) in [5.41, 5.74) is 4.38. The quantitative estimate of drug-likeness (QED) is 0.197. The van der Waals surface area contributed by atoms with Gasteiger partial charge in [-0.1, -0.05) is 90.6 Å². The molecule has 4 nitrogen and oxygen atoms in total. The largest absolute Gasteiger partial charge is 0.355 e. The first kappa shape index (κ1) is 24.2. The minimum Gasteiger partial charge on any atom is -0.355 e. The van der Waals surface area contributed by atoms with Gasteiger partial charge in [-0.15, -0.1) is 11.8 Å². The number of aromatic nitrogens is 2. The van der Waals surface area contributed by atoms with Gasteiger partial charge in [0.05, 0.1) is 17.1 Å². The van der Waals surface area contributed by atoms with Gasteiger partial charge < -0.3 is 9.88 Å². The number of benzene rings is 3. The predicted molar refractivity (Wildman–Crippen MR) is 144 cm³/mol. The van der Waals surface area contributed by atoms with Crippen LogP contribution in [0, 0.1) is 0 Å². The van der Waals surface area contributed by atoms with Crippen LogP contribution < -0.4 is 5.32 Å². The summed E-state index contributed by atoms with van der Waals surface area (Å²) >= 11 is 3.24. The van der Waals surface area contributed by atoms with Crippen LogP contribution >= 0.6 is 23.5 Å². The number of imidazole rings is 1. The van der Waals surface area contributed by atoms with E-state index < -0.39 is 0 Å². The number of amides is 1. The van der Waals surface area contributed by atoms with E-state index in [2.05, 4.69) is 60.1 Å². The number of rotatable bonds is 10. The van der Waals surface area contributed by atoms with Crippen LogP contribution in [-0.4, -0.2) is 33.5 Å². The molecule has 0 spiro atoms. The van der Waals surface area contributed by atoms with Gasteiger partial charge in [-0.05, 0) is 26.0 Å². The van der Waals surface area contributed by atoms with Crippen LogP contribution in [0.2, 0.25) is 0 Å². The highest BCUT2D eigenvalue weighted by Crippen LogP contribution is 2.37. The Morgan fingerprint density at radius 1 is 0.853 bits per heavy atom. The summed E-state index contributed by atoms with van der Waals surface area (Å²) in [5, 5.41) is 4.01.